The van der Waals surface area contributed by atoms with Gasteiger partial charge in [-0.05, 0) is 77.7 Å². The number of fused-ring (bicyclic) bond motifs is 1. The molecule has 5 rings (SSSR count). The Kier molecular flexibility index (Phi) is 5.17. The van der Waals surface area contributed by atoms with Crippen LogP contribution in [-0.2, 0) is 5.41 Å². The standard InChI is InChI=1S/C28H23FN2O2/c1-28(2,3)20-8-4-19(5-9-20)27-31-24-16-22(12-14-26(24)33-27)30-17-23-13-15-25(32-23)18-6-10-21(29)11-7-18/h4-17H,1-3H3. The molecule has 0 atom stereocenters. The molecule has 0 fully saturated rings. The van der Waals surface area contributed by atoms with Crippen molar-refractivity contribution in [3.05, 3.63) is 96.0 Å². The Hall–Kier alpha value is -3.99. The van der Waals surface area contributed by atoms with E-state index < -0.39 is 0 Å². The van der Waals surface area contributed by atoms with Gasteiger partial charge in [0.1, 0.15) is 22.9 Å². The van der Waals surface area contributed by atoms with Gasteiger partial charge in [0.15, 0.2) is 5.58 Å². The van der Waals surface area contributed by atoms with Gasteiger partial charge in [0.25, 0.3) is 0 Å². The third kappa shape index (κ3) is 4.48. The molecule has 0 saturated carbocycles. The van der Waals surface area contributed by atoms with Crippen LogP contribution >= 0.6 is 0 Å². The van der Waals surface area contributed by atoms with E-state index in [1.807, 2.05) is 42.5 Å². The number of oxazole rings is 1. The Bertz CT molecular complexity index is 1440. The highest BCUT2D eigenvalue weighted by Crippen LogP contribution is 2.30. The fraction of sp³-hybridized carbons (Fsp3) is 0.143. The second-order valence-electron chi connectivity index (χ2n) is 8.97. The lowest BCUT2D eigenvalue weighted by Crippen LogP contribution is -2.10. The minimum absolute atomic E-state index is 0.0977. The minimum atomic E-state index is -0.277. The highest BCUT2D eigenvalue weighted by atomic mass is 19.1. The van der Waals surface area contributed by atoms with E-state index in [1.54, 1.807) is 18.3 Å². The van der Waals surface area contributed by atoms with Gasteiger partial charge in [-0.3, -0.25) is 4.99 Å². The molecular weight excluding hydrogens is 415 g/mol. The smallest absolute Gasteiger partial charge is 0.227 e. The zero-order valence-corrected chi connectivity index (χ0v) is 18.7. The van der Waals surface area contributed by atoms with Crippen molar-refractivity contribution in [2.45, 2.75) is 26.2 Å². The van der Waals surface area contributed by atoms with E-state index in [-0.39, 0.29) is 11.2 Å². The summed E-state index contributed by atoms with van der Waals surface area (Å²) in [4.78, 5) is 9.15. The second-order valence-corrected chi connectivity index (χ2v) is 8.97. The number of halogens is 1. The van der Waals surface area contributed by atoms with Crippen molar-refractivity contribution >= 4 is 23.0 Å². The van der Waals surface area contributed by atoms with E-state index in [9.17, 15) is 4.39 Å². The molecule has 164 valence electrons. The summed E-state index contributed by atoms with van der Waals surface area (Å²) in [5.41, 5.74) is 5.30. The van der Waals surface area contributed by atoms with Crippen LogP contribution in [0.1, 0.15) is 32.1 Å². The van der Waals surface area contributed by atoms with Gasteiger partial charge in [0, 0.05) is 11.1 Å². The molecule has 3 aromatic carbocycles. The van der Waals surface area contributed by atoms with Crippen LogP contribution in [0, 0.1) is 5.82 Å². The van der Waals surface area contributed by atoms with Crippen LogP contribution in [0.4, 0.5) is 10.1 Å². The molecule has 0 aliphatic rings. The third-order valence-corrected chi connectivity index (χ3v) is 5.47. The Balaban J connectivity index is 1.36. The van der Waals surface area contributed by atoms with Crippen LogP contribution < -0.4 is 0 Å². The average molecular weight is 439 g/mol. The summed E-state index contributed by atoms with van der Waals surface area (Å²) >= 11 is 0. The van der Waals surface area contributed by atoms with Crippen molar-refractivity contribution in [2.24, 2.45) is 4.99 Å². The van der Waals surface area contributed by atoms with Crippen LogP contribution in [0.2, 0.25) is 0 Å². The molecule has 0 aliphatic heterocycles. The molecule has 0 saturated heterocycles. The lowest BCUT2D eigenvalue weighted by molar-refractivity contribution is 0.574. The van der Waals surface area contributed by atoms with Gasteiger partial charge in [0.05, 0.1) is 11.9 Å². The van der Waals surface area contributed by atoms with E-state index in [0.717, 1.165) is 22.3 Å². The third-order valence-electron chi connectivity index (χ3n) is 5.47. The number of aromatic nitrogens is 1. The first-order valence-corrected chi connectivity index (χ1v) is 10.8. The molecule has 33 heavy (non-hydrogen) atoms. The topological polar surface area (TPSA) is 51.5 Å². The molecule has 5 aromatic rings. The molecular formula is C28H23FN2O2. The van der Waals surface area contributed by atoms with Gasteiger partial charge in [-0.15, -0.1) is 0 Å². The van der Waals surface area contributed by atoms with Gasteiger partial charge in [-0.1, -0.05) is 32.9 Å². The van der Waals surface area contributed by atoms with Crippen LogP contribution in [0.5, 0.6) is 0 Å². The quantitative estimate of drug-likeness (QED) is 0.268. The van der Waals surface area contributed by atoms with Gasteiger partial charge < -0.3 is 8.83 Å². The van der Waals surface area contributed by atoms with Crippen LogP contribution in [-0.4, -0.2) is 11.2 Å². The minimum Gasteiger partial charge on any atom is -0.455 e. The largest absolute Gasteiger partial charge is 0.455 e. The van der Waals surface area contributed by atoms with Crippen molar-refractivity contribution in [1.82, 2.24) is 4.98 Å². The van der Waals surface area contributed by atoms with Gasteiger partial charge in [0.2, 0.25) is 5.89 Å². The van der Waals surface area contributed by atoms with E-state index in [4.69, 9.17) is 8.83 Å². The summed E-state index contributed by atoms with van der Waals surface area (Å²) in [6.07, 6.45) is 1.65. The summed E-state index contributed by atoms with van der Waals surface area (Å²) in [7, 11) is 0. The van der Waals surface area contributed by atoms with Crippen molar-refractivity contribution in [2.75, 3.05) is 0 Å². The number of nitrogens with zero attached hydrogens (tertiary/aromatic N) is 2. The van der Waals surface area contributed by atoms with Gasteiger partial charge in [-0.25, -0.2) is 9.37 Å². The zero-order valence-electron chi connectivity index (χ0n) is 18.7. The first kappa shape index (κ1) is 20.9. The normalized spacial score (nSPS) is 12.1. The summed E-state index contributed by atoms with van der Waals surface area (Å²) in [5.74, 6) is 1.57. The van der Waals surface area contributed by atoms with Crippen molar-refractivity contribution in [3.8, 4) is 22.8 Å². The number of hydrogen-bond acceptors (Lipinski definition) is 4. The van der Waals surface area contributed by atoms with Crippen LogP contribution in [0.25, 0.3) is 33.9 Å². The van der Waals surface area contributed by atoms with Crippen molar-refractivity contribution < 1.29 is 13.2 Å². The van der Waals surface area contributed by atoms with E-state index in [1.165, 1.54) is 17.7 Å². The maximum Gasteiger partial charge on any atom is 0.227 e. The highest BCUT2D eigenvalue weighted by molar-refractivity contribution is 5.83. The average Bonchev–Trinajstić information content (AvgIpc) is 3.44. The molecule has 0 spiro atoms. The summed E-state index contributed by atoms with van der Waals surface area (Å²) in [6.45, 7) is 6.57. The summed E-state index contributed by atoms with van der Waals surface area (Å²) in [5, 5.41) is 0. The monoisotopic (exact) mass is 438 g/mol. The Morgan fingerprint density at radius 2 is 1.55 bits per heavy atom. The maximum absolute atomic E-state index is 13.1. The Labute approximate surface area is 191 Å². The highest BCUT2D eigenvalue weighted by Gasteiger charge is 2.15. The summed E-state index contributed by atoms with van der Waals surface area (Å²) in [6, 6.07) is 23.8. The second kappa shape index (κ2) is 8.17. The SMILES string of the molecule is CC(C)(C)c1ccc(-c2nc3cc(N=Cc4ccc(-c5ccc(F)cc5)o4)ccc3o2)cc1. The van der Waals surface area contributed by atoms with Crippen molar-refractivity contribution in [1.29, 1.82) is 0 Å². The predicted octanol–water partition coefficient (Wildman–Crippen LogP) is 7.94. The zero-order chi connectivity index (χ0) is 23.0. The lowest BCUT2D eigenvalue weighted by atomic mass is 9.87. The van der Waals surface area contributed by atoms with E-state index in [0.29, 0.717) is 23.0 Å². The number of benzene rings is 3. The molecule has 2 heterocycles. The molecule has 0 N–H and O–H groups in total. The molecule has 5 heteroatoms. The number of furan rings is 1. The van der Waals surface area contributed by atoms with Crippen LogP contribution in [0.3, 0.4) is 0 Å². The molecule has 0 aliphatic carbocycles. The first-order chi connectivity index (χ1) is 15.8. The first-order valence-electron chi connectivity index (χ1n) is 10.8. The molecule has 4 nitrogen and oxygen atoms in total. The molecule has 0 unspecified atom stereocenters. The van der Waals surface area contributed by atoms with E-state index >= 15 is 0 Å². The fourth-order valence-electron chi connectivity index (χ4n) is 3.56. The lowest BCUT2D eigenvalue weighted by Gasteiger charge is -2.18. The van der Waals surface area contributed by atoms with Gasteiger partial charge >= 0.3 is 0 Å². The summed E-state index contributed by atoms with van der Waals surface area (Å²) < 4.78 is 24.9. The molecule has 0 radical (unpaired) electrons. The molecule has 2 aromatic heterocycles. The van der Waals surface area contributed by atoms with Crippen LogP contribution in [0.15, 0.2) is 92.7 Å². The Morgan fingerprint density at radius 1 is 0.818 bits per heavy atom. The van der Waals surface area contributed by atoms with Gasteiger partial charge in [-0.2, -0.15) is 0 Å². The van der Waals surface area contributed by atoms with Crippen molar-refractivity contribution in [3.63, 3.8) is 0 Å². The van der Waals surface area contributed by atoms with E-state index in [2.05, 4.69) is 42.9 Å². The molecule has 0 bridgehead atoms. The molecule has 0 amide bonds. The maximum atomic E-state index is 13.1. The predicted molar refractivity (Wildman–Crippen MR) is 130 cm³/mol. The fourth-order valence-corrected chi connectivity index (χ4v) is 3.56. The Morgan fingerprint density at radius 3 is 2.27 bits per heavy atom. The number of rotatable bonds is 4. The number of aliphatic imine (C=N–C) groups is 1. The number of hydrogen-bond donors (Lipinski definition) is 0.